The van der Waals surface area contributed by atoms with Gasteiger partial charge in [0.15, 0.2) is 0 Å². The van der Waals surface area contributed by atoms with E-state index in [1.54, 1.807) is 0 Å². The molecule has 0 radical (unpaired) electrons. The van der Waals surface area contributed by atoms with Gasteiger partial charge in [-0.3, -0.25) is 16.0 Å². The van der Waals surface area contributed by atoms with E-state index >= 15 is 0 Å². The summed E-state index contributed by atoms with van der Waals surface area (Å²) in [5.41, 5.74) is 4.37. The molecule has 3 N–H and O–H groups in total. The van der Waals surface area contributed by atoms with Crippen molar-refractivity contribution >= 4 is 15.9 Å². The Kier molecular flexibility index (Phi) is 6.84. The second kappa shape index (κ2) is 7.72. The van der Waals surface area contributed by atoms with Crippen LogP contribution in [0.5, 0.6) is 0 Å². The number of nitrogens with zero attached hydrogens (tertiary/aromatic N) is 3. The van der Waals surface area contributed by atoms with Crippen molar-refractivity contribution in [1.82, 2.24) is 20.1 Å². The molecule has 0 saturated heterocycles. The molecule has 2 unspecified atom stereocenters. The van der Waals surface area contributed by atoms with Crippen LogP contribution < -0.4 is 11.3 Å². The van der Waals surface area contributed by atoms with Gasteiger partial charge in [0.05, 0.1) is 29.0 Å². The van der Waals surface area contributed by atoms with Crippen molar-refractivity contribution in [1.29, 1.82) is 0 Å². The minimum absolute atomic E-state index is 0.0956. The monoisotopic (exact) mass is 359 g/mol. The predicted octanol–water partition coefficient (Wildman–Crippen LogP) is 2.78. The molecule has 0 bridgehead atoms. The SMILES string of the molecule is CC(CC(NN)c1c(Br)cnn1CCN(C)C)C(C)(C)C. The molecule has 1 rings (SSSR count). The molecular weight excluding hydrogens is 330 g/mol. The zero-order valence-electron chi connectivity index (χ0n) is 14.2. The second-order valence-electron chi connectivity index (χ2n) is 7.13. The molecule has 122 valence electrons. The highest BCUT2D eigenvalue weighted by atomic mass is 79.9. The van der Waals surface area contributed by atoms with E-state index in [1.165, 1.54) is 0 Å². The Morgan fingerprint density at radius 3 is 2.52 bits per heavy atom. The van der Waals surface area contributed by atoms with Gasteiger partial charge in [0, 0.05) is 6.54 Å². The van der Waals surface area contributed by atoms with Crippen molar-refractivity contribution in [2.75, 3.05) is 20.6 Å². The molecule has 6 heteroatoms. The van der Waals surface area contributed by atoms with E-state index in [0.717, 1.165) is 29.7 Å². The van der Waals surface area contributed by atoms with Crippen molar-refractivity contribution in [3.8, 4) is 0 Å². The van der Waals surface area contributed by atoms with Gasteiger partial charge < -0.3 is 4.90 Å². The third-order valence-electron chi connectivity index (χ3n) is 4.19. The van der Waals surface area contributed by atoms with Crippen LogP contribution >= 0.6 is 15.9 Å². The topological polar surface area (TPSA) is 59.1 Å². The highest BCUT2D eigenvalue weighted by molar-refractivity contribution is 9.10. The lowest BCUT2D eigenvalue weighted by Crippen LogP contribution is -2.34. The maximum absolute atomic E-state index is 5.83. The zero-order chi connectivity index (χ0) is 16.2. The largest absolute Gasteiger partial charge is 0.308 e. The Balaban J connectivity index is 2.92. The van der Waals surface area contributed by atoms with Gasteiger partial charge >= 0.3 is 0 Å². The summed E-state index contributed by atoms with van der Waals surface area (Å²) in [6, 6.07) is 0.0956. The molecule has 0 aromatic carbocycles. The molecule has 1 aromatic rings. The Hall–Kier alpha value is -0.430. The fourth-order valence-electron chi connectivity index (χ4n) is 2.16. The van der Waals surface area contributed by atoms with Crippen molar-refractivity contribution < 1.29 is 0 Å². The highest BCUT2D eigenvalue weighted by Crippen LogP contribution is 2.35. The first-order chi connectivity index (χ1) is 9.66. The van der Waals surface area contributed by atoms with Gasteiger partial charge in [0.2, 0.25) is 0 Å². The number of halogens is 1. The zero-order valence-corrected chi connectivity index (χ0v) is 15.7. The lowest BCUT2D eigenvalue weighted by atomic mass is 9.78. The quantitative estimate of drug-likeness (QED) is 0.580. The average molecular weight is 360 g/mol. The lowest BCUT2D eigenvalue weighted by Gasteiger charge is -2.31. The third kappa shape index (κ3) is 5.36. The summed E-state index contributed by atoms with van der Waals surface area (Å²) < 4.78 is 3.06. The number of rotatable bonds is 7. The molecule has 21 heavy (non-hydrogen) atoms. The molecule has 0 spiro atoms. The van der Waals surface area contributed by atoms with Crippen LogP contribution in [-0.2, 0) is 6.54 Å². The Labute approximate surface area is 137 Å². The summed E-state index contributed by atoms with van der Waals surface area (Å²) >= 11 is 3.61. The second-order valence-corrected chi connectivity index (χ2v) is 7.98. The standard InChI is InChI=1S/C15H30BrN5/c1-11(15(2,3)4)9-13(19-17)14-12(16)10-18-21(14)8-7-20(5)6/h10-11,13,19H,7-9,17H2,1-6H3. The van der Waals surface area contributed by atoms with Gasteiger partial charge in [-0.1, -0.05) is 27.7 Å². The normalized spacial score (nSPS) is 15.5. The summed E-state index contributed by atoms with van der Waals surface area (Å²) in [5.74, 6) is 6.37. The molecule has 0 saturated carbocycles. The molecule has 0 amide bonds. The number of hydrogen-bond acceptors (Lipinski definition) is 4. The summed E-state index contributed by atoms with van der Waals surface area (Å²) in [6.45, 7) is 10.9. The molecule has 2 atom stereocenters. The number of nitrogens with one attached hydrogen (secondary N) is 1. The molecular formula is C15H30BrN5. The van der Waals surface area contributed by atoms with E-state index in [9.17, 15) is 0 Å². The van der Waals surface area contributed by atoms with Crippen LogP contribution in [0, 0.1) is 11.3 Å². The van der Waals surface area contributed by atoms with Gasteiger partial charge in [0.1, 0.15) is 0 Å². The van der Waals surface area contributed by atoms with Crippen molar-refractivity contribution in [2.45, 2.75) is 46.7 Å². The summed E-state index contributed by atoms with van der Waals surface area (Å²) in [4.78, 5) is 2.15. The molecule has 0 fully saturated rings. The first kappa shape index (κ1) is 18.6. The van der Waals surface area contributed by atoms with Crippen LogP contribution in [0.1, 0.15) is 45.9 Å². The Morgan fingerprint density at radius 1 is 1.43 bits per heavy atom. The maximum Gasteiger partial charge on any atom is 0.0709 e. The van der Waals surface area contributed by atoms with Crippen molar-refractivity contribution in [3.63, 3.8) is 0 Å². The number of hydrazine groups is 1. The molecule has 0 aliphatic rings. The van der Waals surface area contributed by atoms with Gasteiger partial charge in [-0.2, -0.15) is 5.10 Å². The van der Waals surface area contributed by atoms with Crippen LogP contribution in [0.4, 0.5) is 0 Å². The summed E-state index contributed by atoms with van der Waals surface area (Å²) in [5, 5.41) is 4.47. The highest BCUT2D eigenvalue weighted by Gasteiger charge is 2.27. The van der Waals surface area contributed by atoms with Crippen LogP contribution in [0.25, 0.3) is 0 Å². The van der Waals surface area contributed by atoms with Crippen LogP contribution in [-0.4, -0.2) is 35.3 Å². The molecule has 1 heterocycles. The van der Waals surface area contributed by atoms with E-state index in [1.807, 2.05) is 10.9 Å². The Morgan fingerprint density at radius 2 is 2.05 bits per heavy atom. The lowest BCUT2D eigenvalue weighted by molar-refractivity contribution is 0.219. The van der Waals surface area contributed by atoms with Crippen molar-refractivity contribution in [2.24, 2.45) is 17.2 Å². The molecule has 5 nitrogen and oxygen atoms in total. The third-order valence-corrected chi connectivity index (χ3v) is 4.80. The first-order valence-corrected chi connectivity index (χ1v) is 8.28. The van der Waals surface area contributed by atoms with Gasteiger partial charge in [-0.05, 0) is 47.8 Å². The fraction of sp³-hybridized carbons (Fsp3) is 0.800. The predicted molar refractivity (Wildman–Crippen MR) is 91.8 cm³/mol. The maximum atomic E-state index is 5.83. The van der Waals surface area contributed by atoms with Crippen molar-refractivity contribution in [3.05, 3.63) is 16.4 Å². The molecule has 1 aromatic heterocycles. The number of likely N-dealkylation sites (N-methyl/N-ethyl adjacent to an activating group) is 1. The first-order valence-electron chi connectivity index (χ1n) is 7.48. The van der Waals surface area contributed by atoms with Gasteiger partial charge in [-0.15, -0.1) is 0 Å². The van der Waals surface area contributed by atoms with Gasteiger partial charge in [-0.25, -0.2) is 0 Å². The minimum atomic E-state index is 0.0956. The van der Waals surface area contributed by atoms with E-state index < -0.39 is 0 Å². The van der Waals surface area contributed by atoms with Crippen LogP contribution in [0.15, 0.2) is 10.7 Å². The van der Waals surface area contributed by atoms with Gasteiger partial charge in [0.25, 0.3) is 0 Å². The summed E-state index contributed by atoms with van der Waals surface area (Å²) in [6.07, 6.45) is 2.84. The number of nitrogens with two attached hydrogens (primary N) is 1. The van der Waals surface area contributed by atoms with E-state index in [0.29, 0.717) is 5.92 Å². The van der Waals surface area contributed by atoms with Crippen LogP contribution in [0.3, 0.4) is 0 Å². The van der Waals surface area contributed by atoms with Crippen LogP contribution in [0.2, 0.25) is 0 Å². The van der Waals surface area contributed by atoms with E-state index in [2.05, 4.69) is 73.1 Å². The van der Waals surface area contributed by atoms with E-state index in [-0.39, 0.29) is 11.5 Å². The number of aromatic nitrogens is 2. The average Bonchev–Trinajstić information content (AvgIpc) is 2.73. The minimum Gasteiger partial charge on any atom is -0.308 e. The molecule has 0 aliphatic heterocycles. The smallest absolute Gasteiger partial charge is 0.0709 e. The van der Waals surface area contributed by atoms with E-state index in [4.69, 9.17) is 5.84 Å². The molecule has 0 aliphatic carbocycles. The Bertz CT molecular complexity index is 436. The summed E-state index contributed by atoms with van der Waals surface area (Å²) in [7, 11) is 4.14. The fourth-order valence-corrected chi connectivity index (χ4v) is 2.73. The number of hydrogen-bond donors (Lipinski definition) is 2.